The van der Waals surface area contributed by atoms with Crippen LogP contribution < -0.4 is 11.1 Å². The predicted octanol–water partition coefficient (Wildman–Crippen LogP) is -1.63. The number of amides is 2. The van der Waals surface area contributed by atoms with Crippen LogP contribution in [0.25, 0.3) is 0 Å². The van der Waals surface area contributed by atoms with E-state index in [-0.39, 0.29) is 0 Å². The quantitative estimate of drug-likeness (QED) is 0.460. The lowest BCUT2D eigenvalue weighted by molar-refractivity contribution is -0.148. The van der Waals surface area contributed by atoms with Gasteiger partial charge in [-0.1, -0.05) is 0 Å². The Balaban J connectivity index is 2.74. The number of hydrogen-bond acceptors (Lipinski definition) is 5. The molecule has 1 aliphatic heterocycles. The zero-order chi connectivity index (χ0) is 16.2. The van der Waals surface area contributed by atoms with Crippen LogP contribution in [0.2, 0.25) is 0 Å². The Morgan fingerprint density at radius 3 is 2.43 bits per heavy atom. The van der Waals surface area contributed by atoms with Crippen molar-refractivity contribution < 1.29 is 29.4 Å². The summed E-state index contributed by atoms with van der Waals surface area (Å²) in [6.07, 6.45) is 0.270. The van der Waals surface area contributed by atoms with Gasteiger partial charge in [-0.05, 0) is 19.8 Å². The van der Waals surface area contributed by atoms with Crippen LogP contribution in [0.4, 0.5) is 0 Å². The fourth-order valence-electron chi connectivity index (χ4n) is 2.21. The number of carbonyl (C=O) groups excluding carboxylic acids is 2. The van der Waals surface area contributed by atoms with E-state index in [0.29, 0.717) is 19.4 Å². The molecule has 0 bridgehead atoms. The number of nitrogens with one attached hydrogen (secondary N) is 1. The summed E-state index contributed by atoms with van der Waals surface area (Å²) in [4.78, 5) is 46.8. The summed E-state index contributed by atoms with van der Waals surface area (Å²) in [5.41, 5.74) is 5.50. The van der Waals surface area contributed by atoms with Gasteiger partial charge in [0.2, 0.25) is 11.8 Å². The number of aliphatic carboxylic acids is 2. The molecule has 1 fully saturated rings. The van der Waals surface area contributed by atoms with E-state index < -0.39 is 48.3 Å². The molecule has 3 unspecified atom stereocenters. The van der Waals surface area contributed by atoms with Gasteiger partial charge < -0.3 is 26.2 Å². The second-order valence-electron chi connectivity index (χ2n) is 4.98. The average Bonchev–Trinajstić information content (AvgIpc) is 2.85. The van der Waals surface area contributed by atoms with E-state index in [0.717, 1.165) is 0 Å². The zero-order valence-electron chi connectivity index (χ0n) is 11.6. The van der Waals surface area contributed by atoms with Crippen LogP contribution in [0, 0.1) is 0 Å². The fourth-order valence-corrected chi connectivity index (χ4v) is 2.21. The van der Waals surface area contributed by atoms with Crippen LogP contribution in [0.3, 0.4) is 0 Å². The molecule has 2 amide bonds. The highest BCUT2D eigenvalue weighted by Gasteiger charge is 2.36. The highest BCUT2D eigenvalue weighted by atomic mass is 16.4. The Morgan fingerprint density at radius 1 is 1.33 bits per heavy atom. The minimum Gasteiger partial charge on any atom is -0.481 e. The van der Waals surface area contributed by atoms with E-state index >= 15 is 0 Å². The van der Waals surface area contributed by atoms with Crippen molar-refractivity contribution in [1.82, 2.24) is 10.2 Å². The number of carboxylic acid groups (broad SMARTS) is 2. The molecule has 1 aliphatic rings. The number of carboxylic acids is 2. The van der Waals surface area contributed by atoms with Crippen molar-refractivity contribution in [3.63, 3.8) is 0 Å². The van der Waals surface area contributed by atoms with Crippen LogP contribution in [0.15, 0.2) is 0 Å². The molecular formula is C12H19N3O6. The second-order valence-corrected chi connectivity index (χ2v) is 4.98. The summed E-state index contributed by atoms with van der Waals surface area (Å²) in [5.74, 6) is -3.83. The summed E-state index contributed by atoms with van der Waals surface area (Å²) >= 11 is 0. The molecule has 0 saturated carbocycles. The number of rotatable bonds is 6. The van der Waals surface area contributed by atoms with Crippen LogP contribution >= 0.6 is 0 Å². The molecule has 9 nitrogen and oxygen atoms in total. The topological polar surface area (TPSA) is 150 Å². The maximum absolute atomic E-state index is 12.1. The minimum atomic E-state index is -1.53. The number of hydrogen-bond donors (Lipinski definition) is 4. The first-order chi connectivity index (χ1) is 9.73. The smallest absolute Gasteiger partial charge is 0.326 e. The Morgan fingerprint density at radius 2 is 1.95 bits per heavy atom. The average molecular weight is 301 g/mol. The largest absolute Gasteiger partial charge is 0.481 e. The van der Waals surface area contributed by atoms with Gasteiger partial charge in [-0.25, -0.2) is 4.79 Å². The predicted molar refractivity (Wildman–Crippen MR) is 70.2 cm³/mol. The molecule has 9 heteroatoms. The minimum absolute atomic E-state index is 0.370. The van der Waals surface area contributed by atoms with Crippen molar-refractivity contribution in [2.24, 2.45) is 5.73 Å². The van der Waals surface area contributed by atoms with Gasteiger partial charge >= 0.3 is 11.9 Å². The summed E-state index contributed by atoms with van der Waals surface area (Å²) in [6.45, 7) is 1.87. The van der Waals surface area contributed by atoms with E-state index in [1.807, 2.05) is 0 Å². The highest BCUT2D eigenvalue weighted by Crippen LogP contribution is 2.18. The van der Waals surface area contributed by atoms with Crippen LogP contribution in [-0.4, -0.2) is 63.5 Å². The molecular weight excluding hydrogens is 282 g/mol. The first kappa shape index (κ1) is 16.9. The maximum atomic E-state index is 12.1. The van der Waals surface area contributed by atoms with E-state index in [2.05, 4.69) is 5.32 Å². The first-order valence-electron chi connectivity index (χ1n) is 6.55. The Bertz CT molecular complexity index is 450. The van der Waals surface area contributed by atoms with Crippen molar-refractivity contribution in [2.75, 3.05) is 6.54 Å². The number of likely N-dealkylation sites (tertiary alicyclic amines) is 1. The standard InChI is InChI=1S/C12H19N3O6/c1-6(13)11(19)15-4-2-3-8(15)10(18)14-7(12(20)21)5-9(16)17/h6-8H,2-5,13H2,1H3,(H,14,18)(H,16,17)(H,20,21). The molecule has 0 aromatic carbocycles. The maximum Gasteiger partial charge on any atom is 0.326 e. The normalized spacial score (nSPS) is 20.7. The highest BCUT2D eigenvalue weighted by molar-refractivity contribution is 5.93. The van der Waals surface area contributed by atoms with Crippen LogP contribution in [0.1, 0.15) is 26.2 Å². The van der Waals surface area contributed by atoms with Gasteiger partial charge in [-0.15, -0.1) is 0 Å². The molecule has 0 radical (unpaired) electrons. The fraction of sp³-hybridized carbons (Fsp3) is 0.667. The van der Waals surface area contributed by atoms with Gasteiger partial charge in [0.15, 0.2) is 0 Å². The van der Waals surface area contributed by atoms with Crippen molar-refractivity contribution in [1.29, 1.82) is 0 Å². The second kappa shape index (κ2) is 7.02. The molecule has 0 aliphatic carbocycles. The van der Waals surface area contributed by atoms with Gasteiger partial charge in [0.05, 0.1) is 12.5 Å². The number of nitrogens with zero attached hydrogens (tertiary/aromatic N) is 1. The Kier molecular flexibility index (Phi) is 5.65. The first-order valence-corrected chi connectivity index (χ1v) is 6.55. The molecule has 5 N–H and O–H groups in total. The van der Waals surface area contributed by atoms with Crippen LogP contribution in [0.5, 0.6) is 0 Å². The third-order valence-corrected chi connectivity index (χ3v) is 3.22. The zero-order valence-corrected chi connectivity index (χ0v) is 11.6. The lowest BCUT2D eigenvalue weighted by Crippen LogP contribution is -2.53. The monoisotopic (exact) mass is 301 g/mol. The van der Waals surface area contributed by atoms with E-state index in [1.54, 1.807) is 0 Å². The van der Waals surface area contributed by atoms with Crippen molar-refractivity contribution >= 4 is 23.8 Å². The van der Waals surface area contributed by atoms with Crippen LogP contribution in [-0.2, 0) is 19.2 Å². The summed E-state index contributed by atoms with van der Waals surface area (Å²) in [6, 6.07) is -3.09. The Labute approximate surface area is 121 Å². The summed E-state index contributed by atoms with van der Waals surface area (Å²) in [7, 11) is 0. The summed E-state index contributed by atoms with van der Waals surface area (Å²) in [5, 5.41) is 19.7. The lowest BCUT2D eigenvalue weighted by atomic mass is 10.1. The van der Waals surface area contributed by atoms with Gasteiger partial charge in [0, 0.05) is 6.54 Å². The van der Waals surface area contributed by atoms with Crippen molar-refractivity contribution in [3.8, 4) is 0 Å². The third kappa shape index (κ3) is 4.42. The van der Waals surface area contributed by atoms with Crippen molar-refractivity contribution in [3.05, 3.63) is 0 Å². The number of carbonyl (C=O) groups is 4. The third-order valence-electron chi connectivity index (χ3n) is 3.22. The molecule has 0 spiro atoms. The molecule has 3 atom stereocenters. The molecule has 1 saturated heterocycles. The lowest BCUT2D eigenvalue weighted by Gasteiger charge is -2.26. The Hall–Kier alpha value is -2.16. The van der Waals surface area contributed by atoms with Crippen molar-refractivity contribution in [2.45, 2.75) is 44.3 Å². The van der Waals surface area contributed by atoms with E-state index in [4.69, 9.17) is 15.9 Å². The summed E-state index contributed by atoms with van der Waals surface area (Å²) < 4.78 is 0. The van der Waals surface area contributed by atoms with Gasteiger partial charge in [-0.3, -0.25) is 14.4 Å². The molecule has 118 valence electrons. The van der Waals surface area contributed by atoms with E-state index in [1.165, 1.54) is 11.8 Å². The molecule has 1 rings (SSSR count). The molecule has 0 aromatic rings. The van der Waals surface area contributed by atoms with E-state index in [9.17, 15) is 19.2 Å². The molecule has 1 heterocycles. The van der Waals surface area contributed by atoms with Gasteiger partial charge in [0.1, 0.15) is 12.1 Å². The van der Waals surface area contributed by atoms with Gasteiger partial charge in [-0.2, -0.15) is 0 Å². The SMILES string of the molecule is CC(N)C(=O)N1CCCC1C(=O)NC(CC(=O)O)C(=O)O. The number of nitrogens with two attached hydrogens (primary N) is 1. The van der Waals surface area contributed by atoms with Gasteiger partial charge in [0.25, 0.3) is 0 Å². The molecule has 21 heavy (non-hydrogen) atoms. The molecule has 0 aromatic heterocycles.